The van der Waals surface area contributed by atoms with E-state index in [9.17, 15) is 4.79 Å². The highest BCUT2D eigenvalue weighted by atomic mass is 16.5. The second-order valence-corrected chi connectivity index (χ2v) is 5.58. The van der Waals surface area contributed by atoms with E-state index in [1.807, 2.05) is 0 Å². The van der Waals surface area contributed by atoms with Gasteiger partial charge in [-0.2, -0.15) is 0 Å². The highest BCUT2D eigenvalue weighted by molar-refractivity contribution is 5.86. The average molecular weight is 240 g/mol. The lowest BCUT2D eigenvalue weighted by molar-refractivity contribution is -0.127. The van der Waals surface area contributed by atoms with Gasteiger partial charge in [-0.1, -0.05) is 12.8 Å². The largest absolute Gasteiger partial charge is 0.381 e. The summed E-state index contributed by atoms with van der Waals surface area (Å²) < 4.78 is 5.34. The van der Waals surface area contributed by atoms with E-state index in [0.29, 0.717) is 5.92 Å². The van der Waals surface area contributed by atoms with E-state index in [0.717, 1.165) is 51.7 Å². The van der Waals surface area contributed by atoms with Gasteiger partial charge in [0.25, 0.3) is 0 Å². The van der Waals surface area contributed by atoms with E-state index >= 15 is 0 Å². The van der Waals surface area contributed by atoms with Gasteiger partial charge in [0, 0.05) is 19.3 Å². The van der Waals surface area contributed by atoms with Crippen LogP contribution in [0.3, 0.4) is 0 Å². The van der Waals surface area contributed by atoms with Gasteiger partial charge in [0.15, 0.2) is 0 Å². The molecule has 1 heterocycles. The van der Waals surface area contributed by atoms with Gasteiger partial charge in [-0.15, -0.1) is 0 Å². The topological polar surface area (TPSA) is 64.4 Å². The molecule has 0 radical (unpaired) electrons. The summed E-state index contributed by atoms with van der Waals surface area (Å²) in [6.45, 7) is 3.73. The summed E-state index contributed by atoms with van der Waals surface area (Å²) >= 11 is 0. The second kappa shape index (κ2) is 5.36. The van der Waals surface area contributed by atoms with Crippen molar-refractivity contribution in [3.8, 4) is 0 Å². The van der Waals surface area contributed by atoms with Crippen molar-refractivity contribution < 1.29 is 9.53 Å². The second-order valence-electron chi connectivity index (χ2n) is 5.58. The number of carbonyl (C=O) groups excluding carboxylic acids is 1. The SMILES string of the molecule is CC(NC(=O)C1(N)CCCC1)C1CCOCC1. The van der Waals surface area contributed by atoms with Crippen LogP contribution in [0.5, 0.6) is 0 Å². The molecule has 1 amide bonds. The maximum absolute atomic E-state index is 12.2. The molecule has 1 saturated carbocycles. The highest BCUT2D eigenvalue weighted by Gasteiger charge is 2.38. The molecule has 1 aliphatic carbocycles. The number of amides is 1. The summed E-state index contributed by atoms with van der Waals surface area (Å²) in [6, 6.07) is 0.215. The minimum atomic E-state index is -0.598. The van der Waals surface area contributed by atoms with Gasteiger partial charge in [0.05, 0.1) is 5.54 Å². The Bertz CT molecular complexity index is 269. The molecule has 0 aromatic heterocycles. The Morgan fingerprint density at radius 3 is 2.53 bits per heavy atom. The summed E-state index contributed by atoms with van der Waals surface area (Å²) in [5, 5.41) is 3.11. The van der Waals surface area contributed by atoms with Crippen LogP contribution in [0.25, 0.3) is 0 Å². The van der Waals surface area contributed by atoms with Crippen LogP contribution in [0.1, 0.15) is 45.4 Å². The van der Waals surface area contributed by atoms with Crippen LogP contribution >= 0.6 is 0 Å². The molecule has 0 aromatic rings. The monoisotopic (exact) mass is 240 g/mol. The predicted octanol–water partition coefficient (Wildman–Crippen LogP) is 1.19. The standard InChI is InChI=1S/C13H24N2O2/c1-10(11-4-8-17-9-5-11)15-12(16)13(14)6-2-3-7-13/h10-11H,2-9,14H2,1H3,(H,15,16). The van der Waals surface area contributed by atoms with Crippen LogP contribution in [0.2, 0.25) is 0 Å². The number of nitrogens with one attached hydrogen (secondary N) is 1. The molecule has 3 N–H and O–H groups in total. The zero-order valence-corrected chi connectivity index (χ0v) is 10.7. The van der Waals surface area contributed by atoms with E-state index in [1.165, 1.54) is 0 Å². The fraction of sp³-hybridized carbons (Fsp3) is 0.923. The van der Waals surface area contributed by atoms with E-state index in [1.54, 1.807) is 0 Å². The fourth-order valence-electron chi connectivity index (χ4n) is 2.92. The molecule has 0 spiro atoms. The number of hydrogen-bond donors (Lipinski definition) is 2. The molecule has 1 saturated heterocycles. The predicted molar refractivity (Wildman–Crippen MR) is 66.5 cm³/mol. The van der Waals surface area contributed by atoms with Gasteiger partial charge in [-0.25, -0.2) is 0 Å². The van der Waals surface area contributed by atoms with E-state index in [2.05, 4.69) is 12.2 Å². The maximum Gasteiger partial charge on any atom is 0.240 e. The quantitative estimate of drug-likeness (QED) is 0.779. The first-order chi connectivity index (χ1) is 8.12. The lowest BCUT2D eigenvalue weighted by Crippen LogP contribution is -2.55. The van der Waals surface area contributed by atoms with Gasteiger partial charge in [0.1, 0.15) is 0 Å². The fourth-order valence-corrected chi connectivity index (χ4v) is 2.92. The Morgan fingerprint density at radius 1 is 1.35 bits per heavy atom. The van der Waals surface area contributed by atoms with Crippen molar-refractivity contribution >= 4 is 5.91 Å². The smallest absolute Gasteiger partial charge is 0.240 e. The van der Waals surface area contributed by atoms with Crippen LogP contribution in [0.15, 0.2) is 0 Å². The lowest BCUT2D eigenvalue weighted by atomic mass is 9.91. The summed E-state index contributed by atoms with van der Waals surface area (Å²) in [7, 11) is 0. The van der Waals surface area contributed by atoms with Gasteiger partial charge in [0.2, 0.25) is 5.91 Å². The molecule has 98 valence electrons. The van der Waals surface area contributed by atoms with E-state index < -0.39 is 5.54 Å². The number of hydrogen-bond acceptors (Lipinski definition) is 3. The summed E-state index contributed by atoms with van der Waals surface area (Å²) in [6.07, 6.45) is 5.90. The van der Waals surface area contributed by atoms with E-state index in [-0.39, 0.29) is 11.9 Å². The number of nitrogens with two attached hydrogens (primary N) is 1. The summed E-state index contributed by atoms with van der Waals surface area (Å²) in [5.41, 5.74) is 5.55. The van der Waals surface area contributed by atoms with Crippen molar-refractivity contribution in [3.63, 3.8) is 0 Å². The third kappa shape index (κ3) is 2.99. The van der Waals surface area contributed by atoms with Crippen LogP contribution in [0.4, 0.5) is 0 Å². The first-order valence-corrected chi connectivity index (χ1v) is 6.79. The van der Waals surface area contributed by atoms with Crippen molar-refractivity contribution in [2.24, 2.45) is 11.7 Å². The molecule has 17 heavy (non-hydrogen) atoms. The molecule has 0 bridgehead atoms. The Kier molecular flexibility index (Phi) is 4.05. The molecule has 2 rings (SSSR count). The first-order valence-electron chi connectivity index (χ1n) is 6.79. The van der Waals surface area contributed by atoms with Crippen molar-refractivity contribution in [2.75, 3.05) is 13.2 Å². The van der Waals surface area contributed by atoms with Crippen molar-refractivity contribution in [1.82, 2.24) is 5.32 Å². The van der Waals surface area contributed by atoms with Crippen molar-refractivity contribution in [2.45, 2.75) is 57.0 Å². The molecular formula is C13H24N2O2. The molecular weight excluding hydrogens is 216 g/mol. The Balaban J connectivity index is 1.84. The van der Waals surface area contributed by atoms with Crippen LogP contribution in [-0.2, 0) is 9.53 Å². The van der Waals surface area contributed by atoms with Crippen molar-refractivity contribution in [1.29, 1.82) is 0 Å². The Labute approximate surface area is 103 Å². The third-order valence-corrected chi connectivity index (χ3v) is 4.28. The summed E-state index contributed by atoms with van der Waals surface area (Å²) in [5.74, 6) is 0.590. The highest BCUT2D eigenvalue weighted by Crippen LogP contribution is 2.28. The Hall–Kier alpha value is -0.610. The molecule has 2 fully saturated rings. The van der Waals surface area contributed by atoms with Crippen molar-refractivity contribution in [3.05, 3.63) is 0 Å². The first kappa shape index (κ1) is 12.8. The number of rotatable bonds is 3. The van der Waals surface area contributed by atoms with Crippen LogP contribution in [0, 0.1) is 5.92 Å². The molecule has 2 aliphatic rings. The molecule has 1 aliphatic heterocycles. The van der Waals surface area contributed by atoms with Gasteiger partial charge >= 0.3 is 0 Å². The van der Waals surface area contributed by atoms with Gasteiger partial charge < -0.3 is 15.8 Å². The average Bonchev–Trinajstić information content (AvgIpc) is 2.78. The zero-order valence-electron chi connectivity index (χ0n) is 10.7. The lowest BCUT2D eigenvalue weighted by Gasteiger charge is -2.31. The molecule has 4 heteroatoms. The summed E-state index contributed by atoms with van der Waals surface area (Å²) in [4.78, 5) is 12.2. The number of carbonyl (C=O) groups is 1. The van der Waals surface area contributed by atoms with Crippen LogP contribution in [-0.4, -0.2) is 30.7 Å². The molecule has 1 unspecified atom stereocenters. The minimum absolute atomic E-state index is 0.0500. The third-order valence-electron chi connectivity index (χ3n) is 4.28. The minimum Gasteiger partial charge on any atom is -0.381 e. The number of ether oxygens (including phenoxy) is 1. The normalized spacial score (nSPS) is 26.7. The Morgan fingerprint density at radius 2 is 1.94 bits per heavy atom. The molecule has 4 nitrogen and oxygen atoms in total. The van der Waals surface area contributed by atoms with Gasteiger partial charge in [-0.3, -0.25) is 4.79 Å². The molecule has 0 aromatic carbocycles. The van der Waals surface area contributed by atoms with Gasteiger partial charge in [-0.05, 0) is 38.5 Å². The zero-order chi connectivity index (χ0) is 12.3. The maximum atomic E-state index is 12.2. The molecule has 1 atom stereocenters. The van der Waals surface area contributed by atoms with E-state index in [4.69, 9.17) is 10.5 Å². The van der Waals surface area contributed by atoms with Crippen LogP contribution < -0.4 is 11.1 Å².